The first-order valence-corrected chi connectivity index (χ1v) is 9.23. The maximum absolute atomic E-state index is 12.7. The Labute approximate surface area is 168 Å². The first-order chi connectivity index (χ1) is 14.2. The van der Waals surface area contributed by atoms with Crippen LogP contribution in [0.3, 0.4) is 0 Å². The number of benzene rings is 2. The highest BCUT2D eigenvalue weighted by atomic mass is 16.6. The first kappa shape index (κ1) is 18.5. The van der Waals surface area contributed by atoms with Crippen molar-refractivity contribution < 1.29 is 14.3 Å². The number of hydrogen-bond acceptors (Lipinski definition) is 5. The first-order valence-electron chi connectivity index (χ1n) is 9.23. The Bertz CT molecular complexity index is 1130. The summed E-state index contributed by atoms with van der Waals surface area (Å²) in [6.07, 6.45) is 3.38. The van der Waals surface area contributed by atoms with E-state index in [0.717, 1.165) is 16.7 Å². The van der Waals surface area contributed by atoms with Crippen LogP contribution in [-0.4, -0.2) is 24.0 Å². The highest BCUT2D eigenvalue weighted by Gasteiger charge is 2.17. The molecule has 142 valence electrons. The van der Waals surface area contributed by atoms with Crippen LogP contribution in [0.1, 0.15) is 27.2 Å². The molecule has 3 aromatic rings. The molecular formula is C24H18N2O3. The molecule has 0 N–H and O–H groups in total. The second-order valence-electron chi connectivity index (χ2n) is 6.59. The highest BCUT2D eigenvalue weighted by molar-refractivity contribution is 5.96. The Kier molecular flexibility index (Phi) is 5.08. The zero-order chi connectivity index (χ0) is 20.2. The minimum Gasteiger partial charge on any atom is -0.486 e. The third-order valence-electron chi connectivity index (χ3n) is 4.77. The monoisotopic (exact) mass is 382 g/mol. The van der Waals surface area contributed by atoms with E-state index in [2.05, 4.69) is 17.6 Å². The van der Waals surface area contributed by atoms with Gasteiger partial charge in [-0.15, -0.1) is 0 Å². The van der Waals surface area contributed by atoms with Crippen LogP contribution >= 0.6 is 0 Å². The molecular weight excluding hydrogens is 364 g/mol. The van der Waals surface area contributed by atoms with Crippen molar-refractivity contribution in [2.24, 2.45) is 0 Å². The van der Waals surface area contributed by atoms with Crippen molar-refractivity contribution in [3.8, 4) is 28.7 Å². The number of pyridine rings is 1. The smallest absolute Gasteiger partial charge is 0.185 e. The molecule has 5 nitrogen and oxygen atoms in total. The van der Waals surface area contributed by atoms with Gasteiger partial charge in [-0.3, -0.25) is 9.78 Å². The molecule has 1 aliphatic rings. The number of carbonyl (C=O) groups excluding carboxylic acids is 1. The molecule has 2 heterocycles. The lowest BCUT2D eigenvalue weighted by atomic mass is 9.93. The van der Waals surface area contributed by atoms with Crippen LogP contribution in [0.25, 0.3) is 17.2 Å². The van der Waals surface area contributed by atoms with Crippen molar-refractivity contribution in [2.45, 2.75) is 6.42 Å². The predicted octanol–water partition coefficient (Wildman–Crippen LogP) is 4.46. The largest absolute Gasteiger partial charge is 0.486 e. The summed E-state index contributed by atoms with van der Waals surface area (Å²) in [5.41, 5.74) is 3.95. The van der Waals surface area contributed by atoms with E-state index in [1.165, 1.54) is 0 Å². The fourth-order valence-electron chi connectivity index (χ4n) is 3.29. The molecule has 0 spiro atoms. The normalized spacial score (nSPS) is 12.1. The average Bonchev–Trinajstić information content (AvgIpc) is 2.78. The second-order valence-corrected chi connectivity index (χ2v) is 6.59. The van der Waals surface area contributed by atoms with E-state index in [-0.39, 0.29) is 12.2 Å². The van der Waals surface area contributed by atoms with Gasteiger partial charge >= 0.3 is 0 Å². The Morgan fingerprint density at radius 2 is 1.97 bits per heavy atom. The summed E-state index contributed by atoms with van der Waals surface area (Å²) in [6.45, 7) is 4.70. The summed E-state index contributed by atoms with van der Waals surface area (Å²) >= 11 is 0. The number of Topliss-reactive ketones (excluding diaryl/α,β-unsaturated/α-hetero) is 1. The number of aromatic nitrogens is 1. The third-order valence-corrected chi connectivity index (χ3v) is 4.77. The number of nitriles is 1. The van der Waals surface area contributed by atoms with Gasteiger partial charge in [0.05, 0.1) is 5.56 Å². The molecule has 0 radical (unpaired) electrons. The molecule has 29 heavy (non-hydrogen) atoms. The van der Waals surface area contributed by atoms with Crippen LogP contribution in [-0.2, 0) is 6.42 Å². The van der Waals surface area contributed by atoms with Crippen LogP contribution in [0.4, 0.5) is 0 Å². The van der Waals surface area contributed by atoms with Crippen LogP contribution in [0.5, 0.6) is 11.5 Å². The van der Waals surface area contributed by atoms with E-state index >= 15 is 0 Å². The van der Waals surface area contributed by atoms with Gasteiger partial charge < -0.3 is 9.47 Å². The van der Waals surface area contributed by atoms with E-state index in [1.807, 2.05) is 30.3 Å². The lowest BCUT2D eigenvalue weighted by Crippen LogP contribution is -2.15. The van der Waals surface area contributed by atoms with Crippen LogP contribution in [0.2, 0.25) is 0 Å². The molecule has 5 heteroatoms. The summed E-state index contributed by atoms with van der Waals surface area (Å²) in [4.78, 5) is 16.9. The van der Waals surface area contributed by atoms with Crippen molar-refractivity contribution in [3.63, 3.8) is 0 Å². The van der Waals surface area contributed by atoms with Gasteiger partial charge in [0.25, 0.3) is 0 Å². The van der Waals surface area contributed by atoms with E-state index in [1.54, 1.807) is 30.5 Å². The molecule has 0 unspecified atom stereocenters. The number of hydrogen-bond donors (Lipinski definition) is 0. The number of ether oxygens (including phenoxy) is 2. The highest BCUT2D eigenvalue weighted by Crippen LogP contribution is 2.36. The van der Waals surface area contributed by atoms with Crippen molar-refractivity contribution in [1.29, 1.82) is 5.26 Å². The summed E-state index contributed by atoms with van der Waals surface area (Å²) in [7, 11) is 0. The van der Waals surface area contributed by atoms with Crippen molar-refractivity contribution >= 4 is 11.9 Å². The molecule has 4 rings (SSSR count). The van der Waals surface area contributed by atoms with Gasteiger partial charge in [0.15, 0.2) is 17.3 Å². The van der Waals surface area contributed by atoms with Gasteiger partial charge in [-0.2, -0.15) is 5.26 Å². The van der Waals surface area contributed by atoms with Crippen LogP contribution in [0.15, 0.2) is 61.3 Å². The van der Waals surface area contributed by atoms with Gasteiger partial charge in [-0.05, 0) is 40.5 Å². The van der Waals surface area contributed by atoms with Crippen molar-refractivity contribution in [3.05, 3.63) is 83.7 Å². The molecule has 2 aromatic carbocycles. The summed E-state index contributed by atoms with van der Waals surface area (Å²) in [5, 5.41) is 9.81. The minimum absolute atomic E-state index is 0.0989. The summed E-state index contributed by atoms with van der Waals surface area (Å²) in [5.74, 6) is 1.21. The average molecular weight is 382 g/mol. The van der Waals surface area contributed by atoms with Crippen LogP contribution in [0, 0.1) is 11.3 Å². The number of carbonyl (C=O) groups is 1. The summed E-state index contributed by atoms with van der Waals surface area (Å²) < 4.78 is 11.2. The number of nitrogens with zero attached hydrogens (tertiary/aromatic N) is 2. The molecule has 0 bridgehead atoms. The van der Waals surface area contributed by atoms with Gasteiger partial charge in [-0.1, -0.05) is 43.0 Å². The number of rotatable bonds is 5. The zero-order valence-electron chi connectivity index (χ0n) is 15.7. The van der Waals surface area contributed by atoms with E-state index < -0.39 is 0 Å². The molecule has 1 aliphatic heterocycles. The fourth-order valence-corrected chi connectivity index (χ4v) is 3.29. The van der Waals surface area contributed by atoms with Gasteiger partial charge in [-0.25, -0.2) is 0 Å². The van der Waals surface area contributed by atoms with Crippen molar-refractivity contribution in [1.82, 2.24) is 4.98 Å². The van der Waals surface area contributed by atoms with Gasteiger partial charge in [0.1, 0.15) is 25.0 Å². The van der Waals surface area contributed by atoms with Gasteiger partial charge in [0.2, 0.25) is 0 Å². The second kappa shape index (κ2) is 7.99. The predicted molar refractivity (Wildman–Crippen MR) is 110 cm³/mol. The molecule has 0 fully saturated rings. The fraction of sp³-hybridized carbons (Fsp3) is 0.125. The SMILES string of the molecule is C=Cc1ccc(C(=O)Cc2cccc(-c3ccc4c(c3)OCCO4)c2C#N)nc1. The van der Waals surface area contributed by atoms with E-state index in [0.29, 0.717) is 41.5 Å². The lowest BCUT2D eigenvalue weighted by Gasteiger charge is -2.19. The number of ketones is 1. The Balaban J connectivity index is 1.66. The standard InChI is InChI=1S/C24H18N2O3/c1-2-16-6-8-21(26-15-16)22(27)12-17-4-3-5-19(20(17)14-25)18-7-9-23-24(13-18)29-11-10-28-23/h2-9,13,15H,1,10-12H2. The lowest BCUT2D eigenvalue weighted by molar-refractivity contribution is 0.0988. The topological polar surface area (TPSA) is 72.2 Å². The molecule has 0 amide bonds. The van der Waals surface area contributed by atoms with E-state index in [9.17, 15) is 10.1 Å². The molecule has 0 saturated carbocycles. The van der Waals surface area contributed by atoms with E-state index in [4.69, 9.17) is 9.47 Å². The molecule has 1 aromatic heterocycles. The Hall–Kier alpha value is -3.91. The quantitative estimate of drug-likeness (QED) is 0.609. The number of fused-ring (bicyclic) bond motifs is 1. The molecule has 0 atom stereocenters. The maximum Gasteiger partial charge on any atom is 0.185 e. The molecule has 0 aliphatic carbocycles. The maximum atomic E-state index is 12.7. The zero-order valence-corrected chi connectivity index (χ0v) is 15.7. The summed E-state index contributed by atoms with van der Waals surface area (Å²) in [6, 6.07) is 16.9. The molecule has 0 saturated heterocycles. The third kappa shape index (κ3) is 3.74. The van der Waals surface area contributed by atoms with Crippen molar-refractivity contribution in [2.75, 3.05) is 13.2 Å². The minimum atomic E-state index is -0.142. The Morgan fingerprint density at radius 3 is 2.69 bits per heavy atom. The van der Waals surface area contributed by atoms with Crippen LogP contribution < -0.4 is 9.47 Å². The van der Waals surface area contributed by atoms with Gasteiger partial charge in [0, 0.05) is 12.6 Å². The Morgan fingerprint density at radius 1 is 1.14 bits per heavy atom.